The van der Waals surface area contributed by atoms with Gasteiger partial charge in [0.1, 0.15) is 6.04 Å². The van der Waals surface area contributed by atoms with E-state index in [4.69, 9.17) is 0 Å². The molecular formula is C16H16N2O2S. The Balaban J connectivity index is 1.69. The molecule has 2 amide bonds. The van der Waals surface area contributed by atoms with E-state index in [2.05, 4.69) is 5.32 Å². The maximum atomic E-state index is 12.4. The van der Waals surface area contributed by atoms with E-state index in [1.54, 1.807) is 16.3 Å². The van der Waals surface area contributed by atoms with Crippen LogP contribution < -0.4 is 10.2 Å². The first-order chi connectivity index (χ1) is 10.1. The molecule has 1 aromatic heterocycles. The van der Waals surface area contributed by atoms with Crippen molar-refractivity contribution in [2.24, 2.45) is 0 Å². The number of aryl methyl sites for hydroxylation is 1. The van der Waals surface area contributed by atoms with Gasteiger partial charge in [-0.25, -0.2) is 0 Å². The lowest BCUT2D eigenvalue weighted by Crippen LogP contribution is -2.41. The molecule has 5 heteroatoms. The highest BCUT2D eigenvalue weighted by molar-refractivity contribution is 7.08. The SMILES string of the molecule is Cc1ccc(N2CCC(NC(=O)c3ccsc3)C2=O)cc1. The van der Waals surface area contributed by atoms with Gasteiger partial charge in [0.05, 0.1) is 5.56 Å². The highest BCUT2D eigenvalue weighted by Gasteiger charge is 2.33. The van der Waals surface area contributed by atoms with E-state index in [9.17, 15) is 9.59 Å². The fourth-order valence-corrected chi connectivity index (χ4v) is 3.07. The summed E-state index contributed by atoms with van der Waals surface area (Å²) in [5, 5.41) is 6.45. The Morgan fingerprint density at radius 3 is 2.71 bits per heavy atom. The number of carbonyl (C=O) groups excluding carboxylic acids is 2. The van der Waals surface area contributed by atoms with Crippen molar-refractivity contribution in [2.45, 2.75) is 19.4 Å². The number of nitrogens with one attached hydrogen (secondary N) is 1. The summed E-state index contributed by atoms with van der Waals surface area (Å²) >= 11 is 1.47. The minimum absolute atomic E-state index is 0.0394. The monoisotopic (exact) mass is 300 g/mol. The van der Waals surface area contributed by atoms with Gasteiger partial charge in [-0.3, -0.25) is 9.59 Å². The van der Waals surface area contributed by atoms with Crippen LogP contribution in [0.15, 0.2) is 41.1 Å². The van der Waals surface area contributed by atoms with Crippen LogP contribution in [0.1, 0.15) is 22.3 Å². The van der Waals surface area contributed by atoms with Gasteiger partial charge < -0.3 is 10.2 Å². The molecule has 21 heavy (non-hydrogen) atoms. The molecule has 0 bridgehead atoms. The third-order valence-electron chi connectivity index (χ3n) is 3.64. The normalized spacial score (nSPS) is 18.0. The number of amides is 2. The number of nitrogens with zero attached hydrogens (tertiary/aromatic N) is 1. The summed E-state index contributed by atoms with van der Waals surface area (Å²) in [6, 6.07) is 9.18. The van der Waals surface area contributed by atoms with Crippen molar-refractivity contribution in [3.8, 4) is 0 Å². The summed E-state index contributed by atoms with van der Waals surface area (Å²) in [6.07, 6.45) is 0.641. The van der Waals surface area contributed by atoms with Crippen molar-refractivity contribution < 1.29 is 9.59 Å². The molecule has 1 fully saturated rings. The van der Waals surface area contributed by atoms with E-state index in [1.165, 1.54) is 11.3 Å². The first-order valence-corrected chi connectivity index (χ1v) is 7.80. The van der Waals surface area contributed by atoms with E-state index >= 15 is 0 Å². The molecule has 1 unspecified atom stereocenters. The van der Waals surface area contributed by atoms with Crippen LogP contribution in [0.2, 0.25) is 0 Å². The van der Waals surface area contributed by atoms with Crippen LogP contribution in [0.4, 0.5) is 5.69 Å². The van der Waals surface area contributed by atoms with E-state index < -0.39 is 6.04 Å². The molecule has 1 atom stereocenters. The third kappa shape index (κ3) is 2.83. The van der Waals surface area contributed by atoms with Gasteiger partial charge in [-0.05, 0) is 36.9 Å². The van der Waals surface area contributed by atoms with Gasteiger partial charge in [-0.15, -0.1) is 0 Å². The molecule has 4 nitrogen and oxygen atoms in total. The standard InChI is InChI=1S/C16H16N2O2S/c1-11-2-4-13(5-3-11)18-8-6-14(16(18)20)17-15(19)12-7-9-21-10-12/h2-5,7,9-10,14H,6,8H2,1H3,(H,17,19). The van der Waals surface area contributed by atoms with Crippen LogP contribution in [-0.2, 0) is 4.79 Å². The number of rotatable bonds is 3. The molecule has 1 aliphatic heterocycles. The minimum Gasteiger partial charge on any atom is -0.340 e. The van der Waals surface area contributed by atoms with Crippen LogP contribution in [0.3, 0.4) is 0 Å². The second-order valence-electron chi connectivity index (χ2n) is 5.15. The van der Waals surface area contributed by atoms with Gasteiger partial charge in [0.15, 0.2) is 0 Å². The lowest BCUT2D eigenvalue weighted by atomic mass is 10.2. The molecule has 2 heterocycles. The molecule has 0 spiro atoms. The molecule has 0 radical (unpaired) electrons. The Hall–Kier alpha value is -2.14. The average molecular weight is 300 g/mol. The Morgan fingerprint density at radius 1 is 1.29 bits per heavy atom. The summed E-state index contributed by atoms with van der Waals surface area (Å²) in [4.78, 5) is 26.2. The van der Waals surface area contributed by atoms with Crippen LogP contribution in [0.5, 0.6) is 0 Å². The van der Waals surface area contributed by atoms with Crippen LogP contribution in [-0.4, -0.2) is 24.4 Å². The molecule has 0 aliphatic carbocycles. The van der Waals surface area contributed by atoms with Crippen molar-refractivity contribution in [3.05, 3.63) is 52.2 Å². The van der Waals surface area contributed by atoms with E-state index in [0.717, 1.165) is 11.3 Å². The molecule has 1 saturated heterocycles. The maximum absolute atomic E-state index is 12.4. The van der Waals surface area contributed by atoms with Crippen molar-refractivity contribution in [1.82, 2.24) is 5.32 Å². The quantitative estimate of drug-likeness (QED) is 0.947. The van der Waals surface area contributed by atoms with Gasteiger partial charge in [0, 0.05) is 17.6 Å². The summed E-state index contributed by atoms with van der Waals surface area (Å²) in [5.74, 6) is -0.220. The second kappa shape index (κ2) is 5.69. The fraction of sp³-hybridized carbons (Fsp3) is 0.250. The number of hydrogen-bond donors (Lipinski definition) is 1. The van der Waals surface area contributed by atoms with Crippen molar-refractivity contribution in [1.29, 1.82) is 0 Å². The summed E-state index contributed by atoms with van der Waals surface area (Å²) < 4.78 is 0. The number of anilines is 1. The Labute approximate surface area is 127 Å². The molecule has 1 N–H and O–H groups in total. The zero-order valence-electron chi connectivity index (χ0n) is 11.7. The minimum atomic E-state index is -0.432. The molecule has 2 aromatic rings. The summed E-state index contributed by atoms with van der Waals surface area (Å²) in [7, 11) is 0. The number of benzene rings is 1. The average Bonchev–Trinajstić information content (AvgIpc) is 3.11. The lowest BCUT2D eigenvalue weighted by molar-refractivity contribution is -0.118. The molecule has 0 saturated carbocycles. The van der Waals surface area contributed by atoms with E-state index in [0.29, 0.717) is 18.5 Å². The van der Waals surface area contributed by atoms with Crippen molar-refractivity contribution in [3.63, 3.8) is 0 Å². The largest absolute Gasteiger partial charge is 0.340 e. The molecule has 1 aliphatic rings. The van der Waals surface area contributed by atoms with Gasteiger partial charge in [-0.2, -0.15) is 11.3 Å². The topological polar surface area (TPSA) is 49.4 Å². The van der Waals surface area contributed by atoms with Crippen molar-refractivity contribution in [2.75, 3.05) is 11.4 Å². The Bertz CT molecular complexity index is 649. The summed E-state index contributed by atoms with van der Waals surface area (Å²) in [6.45, 7) is 2.65. The van der Waals surface area contributed by atoms with Crippen LogP contribution in [0.25, 0.3) is 0 Å². The first-order valence-electron chi connectivity index (χ1n) is 6.86. The van der Waals surface area contributed by atoms with Crippen LogP contribution in [0, 0.1) is 6.92 Å². The smallest absolute Gasteiger partial charge is 0.252 e. The number of carbonyl (C=O) groups is 2. The van der Waals surface area contributed by atoms with Gasteiger partial charge in [0.25, 0.3) is 5.91 Å². The number of hydrogen-bond acceptors (Lipinski definition) is 3. The predicted octanol–water partition coefficient (Wildman–Crippen LogP) is 2.59. The second-order valence-corrected chi connectivity index (χ2v) is 5.93. The molecule has 108 valence electrons. The molecule has 3 rings (SSSR count). The predicted molar refractivity (Wildman–Crippen MR) is 83.7 cm³/mol. The first kappa shape index (κ1) is 13.8. The van der Waals surface area contributed by atoms with Gasteiger partial charge >= 0.3 is 0 Å². The van der Waals surface area contributed by atoms with Gasteiger partial charge in [-0.1, -0.05) is 17.7 Å². The Kier molecular flexibility index (Phi) is 3.75. The van der Waals surface area contributed by atoms with E-state index in [1.807, 2.05) is 36.6 Å². The van der Waals surface area contributed by atoms with Crippen molar-refractivity contribution >= 4 is 28.8 Å². The zero-order valence-corrected chi connectivity index (χ0v) is 12.5. The van der Waals surface area contributed by atoms with E-state index in [-0.39, 0.29) is 11.8 Å². The highest BCUT2D eigenvalue weighted by Crippen LogP contribution is 2.22. The third-order valence-corrected chi connectivity index (χ3v) is 4.32. The number of thiophene rings is 1. The van der Waals surface area contributed by atoms with Crippen LogP contribution >= 0.6 is 11.3 Å². The van der Waals surface area contributed by atoms with Gasteiger partial charge in [0.2, 0.25) is 5.91 Å². The maximum Gasteiger partial charge on any atom is 0.252 e. The fourth-order valence-electron chi connectivity index (χ4n) is 2.43. The zero-order chi connectivity index (χ0) is 14.8. The summed E-state index contributed by atoms with van der Waals surface area (Å²) in [5.41, 5.74) is 2.66. The highest BCUT2D eigenvalue weighted by atomic mass is 32.1. The Morgan fingerprint density at radius 2 is 2.05 bits per heavy atom. The lowest BCUT2D eigenvalue weighted by Gasteiger charge is -2.17. The molecule has 1 aromatic carbocycles. The molecular weight excluding hydrogens is 284 g/mol.